The van der Waals surface area contributed by atoms with E-state index >= 15 is 0 Å². The van der Waals surface area contributed by atoms with Gasteiger partial charge in [-0.25, -0.2) is 9.37 Å². The number of nitrogens with one attached hydrogen (secondary N) is 1. The van der Waals surface area contributed by atoms with Crippen molar-refractivity contribution in [2.45, 2.75) is 53.0 Å². The average Bonchev–Trinajstić information content (AvgIpc) is 3.10. The lowest BCUT2D eigenvalue weighted by Crippen LogP contribution is -2.37. The monoisotopic (exact) mass is 392 g/mol. The maximum Gasteiger partial charge on any atom is 0.221 e. The van der Waals surface area contributed by atoms with Crippen LogP contribution in [-0.2, 0) is 11.2 Å². The van der Waals surface area contributed by atoms with Gasteiger partial charge in [0.15, 0.2) is 0 Å². The van der Waals surface area contributed by atoms with E-state index < -0.39 is 0 Å². The summed E-state index contributed by atoms with van der Waals surface area (Å²) in [5.74, 6) is 0.980. The minimum Gasteiger partial charge on any atom is -0.356 e. The van der Waals surface area contributed by atoms with Gasteiger partial charge in [0.2, 0.25) is 11.0 Å². The summed E-state index contributed by atoms with van der Waals surface area (Å²) in [5.41, 5.74) is 0.976. The fraction of sp³-hybridized carbons (Fsp3) is 0.550. The van der Waals surface area contributed by atoms with Gasteiger partial charge < -0.3 is 10.2 Å². The molecule has 27 heavy (non-hydrogen) atoms. The Morgan fingerprint density at radius 2 is 1.96 bits per heavy atom. The van der Waals surface area contributed by atoms with Crippen molar-refractivity contribution in [3.63, 3.8) is 0 Å². The second-order valence-electron chi connectivity index (χ2n) is 7.20. The van der Waals surface area contributed by atoms with Crippen molar-refractivity contribution in [1.82, 2.24) is 14.7 Å². The first-order valence-electron chi connectivity index (χ1n) is 9.49. The largest absolute Gasteiger partial charge is 0.356 e. The van der Waals surface area contributed by atoms with Crippen LogP contribution in [0.5, 0.6) is 0 Å². The van der Waals surface area contributed by atoms with Crippen LogP contribution in [0, 0.1) is 11.7 Å². The standard InChI is InChI=1S/C20H29FN4OS/c1-5-15(4)25(11-10-19(26)22-13-14(2)3)20-23-18(24-27-20)12-16-6-8-17(21)9-7-16/h6-9,14-15H,5,10-13H2,1-4H3,(H,22,26)/t15-/m0/s1. The van der Waals surface area contributed by atoms with E-state index in [-0.39, 0.29) is 17.8 Å². The molecule has 0 bridgehead atoms. The predicted octanol–water partition coefficient (Wildman–Crippen LogP) is 4.04. The SMILES string of the molecule is CC[C@H](C)N(CCC(=O)NCC(C)C)c1nc(Cc2ccc(F)cc2)ns1. The summed E-state index contributed by atoms with van der Waals surface area (Å²) in [7, 11) is 0. The predicted molar refractivity (Wildman–Crippen MR) is 109 cm³/mol. The molecule has 5 nitrogen and oxygen atoms in total. The Balaban J connectivity index is 2.00. The van der Waals surface area contributed by atoms with Crippen molar-refractivity contribution in [3.05, 3.63) is 41.5 Å². The Hall–Kier alpha value is -2.02. The first kappa shape index (κ1) is 21.3. The third-order valence-corrected chi connectivity index (χ3v) is 5.18. The van der Waals surface area contributed by atoms with Gasteiger partial charge in [0.05, 0.1) is 0 Å². The van der Waals surface area contributed by atoms with Gasteiger partial charge in [-0.3, -0.25) is 4.79 Å². The Morgan fingerprint density at radius 1 is 1.26 bits per heavy atom. The molecule has 0 aliphatic rings. The van der Waals surface area contributed by atoms with Gasteiger partial charge in [-0.05, 0) is 37.0 Å². The molecule has 1 aromatic carbocycles. The van der Waals surface area contributed by atoms with Crippen molar-refractivity contribution in [2.75, 3.05) is 18.0 Å². The van der Waals surface area contributed by atoms with Crippen LogP contribution in [-0.4, -0.2) is 34.4 Å². The van der Waals surface area contributed by atoms with Crippen LogP contribution < -0.4 is 10.2 Å². The number of amides is 1. The molecule has 0 radical (unpaired) electrons. The minimum atomic E-state index is -0.246. The molecule has 0 fully saturated rings. The van der Waals surface area contributed by atoms with Crippen LogP contribution >= 0.6 is 11.5 Å². The number of carbonyl (C=O) groups is 1. The number of anilines is 1. The highest BCUT2D eigenvalue weighted by Gasteiger charge is 2.19. The molecular weight excluding hydrogens is 363 g/mol. The number of benzene rings is 1. The van der Waals surface area contributed by atoms with Gasteiger partial charge in [0, 0.05) is 43.5 Å². The van der Waals surface area contributed by atoms with Crippen LogP contribution in [0.15, 0.2) is 24.3 Å². The molecule has 0 aliphatic heterocycles. The summed E-state index contributed by atoms with van der Waals surface area (Å²) in [4.78, 5) is 18.9. The first-order valence-corrected chi connectivity index (χ1v) is 10.3. The molecule has 2 rings (SSSR count). The third-order valence-electron chi connectivity index (χ3n) is 4.39. The highest BCUT2D eigenvalue weighted by molar-refractivity contribution is 7.09. The number of aromatic nitrogens is 2. The molecule has 1 heterocycles. The van der Waals surface area contributed by atoms with Crippen LogP contribution in [0.4, 0.5) is 9.52 Å². The van der Waals surface area contributed by atoms with Gasteiger partial charge in [-0.2, -0.15) is 4.37 Å². The first-order chi connectivity index (χ1) is 12.9. The zero-order chi connectivity index (χ0) is 19.8. The molecule has 1 N–H and O–H groups in total. The number of halogens is 1. The molecule has 2 aromatic rings. The molecule has 1 atom stereocenters. The lowest BCUT2D eigenvalue weighted by atomic mass is 10.1. The quantitative estimate of drug-likeness (QED) is 0.663. The van der Waals surface area contributed by atoms with Crippen molar-refractivity contribution in [1.29, 1.82) is 0 Å². The van der Waals surface area contributed by atoms with Crippen molar-refractivity contribution in [2.24, 2.45) is 5.92 Å². The Kier molecular flexibility index (Phi) is 8.16. The minimum absolute atomic E-state index is 0.0630. The molecule has 0 spiro atoms. The number of hydrogen-bond donors (Lipinski definition) is 1. The second kappa shape index (κ2) is 10.3. The van der Waals surface area contributed by atoms with E-state index in [0.717, 1.165) is 22.9 Å². The van der Waals surface area contributed by atoms with Gasteiger partial charge in [-0.15, -0.1) is 0 Å². The highest BCUT2D eigenvalue weighted by atomic mass is 32.1. The fourth-order valence-electron chi connectivity index (χ4n) is 2.57. The summed E-state index contributed by atoms with van der Waals surface area (Å²) in [5, 5.41) is 3.79. The Bertz CT molecular complexity index is 717. The van der Waals surface area contributed by atoms with E-state index in [1.165, 1.54) is 23.7 Å². The van der Waals surface area contributed by atoms with Crippen molar-refractivity contribution >= 4 is 22.6 Å². The zero-order valence-corrected chi connectivity index (χ0v) is 17.4. The number of carbonyl (C=O) groups excluding carboxylic acids is 1. The number of rotatable bonds is 10. The fourth-order valence-corrected chi connectivity index (χ4v) is 3.39. The Labute approximate surface area is 165 Å². The van der Waals surface area contributed by atoms with E-state index in [9.17, 15) is 9.18 Å². The highest BCUT2D eigenvalue weighted by Crippen LogP contribution is 2.22. The lowest BCUT2D eigenvalue weighted by molar-refractivity contribution is -0.121. The molecule has 0 saturated carbocycles. The number of nitrogens with zero attached hydrogens (tertiary/aromatic N) is 3. The van der Waals surface area contributed by atoms with Crippen LogP contribution in [0.25, 0.3) is 0 Å². The maximum atomic E-state index is 13.0. The molecule has 0 aliphatic carbocycles. The van der Waals surface area contributed by atoms with Crippen LogP contribution in [0.3, 0.4) is 0 Å². The van der Waals surface area contributed by atoms with E-state index in [1.54, 1.807) is 12.1 Å². The van der Waals surface area contributed by atoms with E-state index in [1.807, 2.05) is 0 Å². The molecule has 1 aromatic heterocycles. The zero-order valence-electron chi connectivity index (χ0n) is 16.5. The lowest BCUT2D eigenvalue weighted by Gasteiger charge is -2.27. The maximum absolute atomic E-state index is 13.0. The van der Waals surface area contributed by atoms with Gasteiger partial charge in [0.25, 0.3) is 0 Å². The van der Waals surface area contributed by atoms with E-state index in [4.69, 9.17) is 0 Å². The van der Waals surface area contributed by atoms with Crippen LogP contribution in [0.1, 0.15) is 51.9 Å². The van der Waals surface area contributed by atoms with E-state index in [2.05, 4.69) is 47.3 Å². The molecular formula is C20H29FN4OS. The van der Waals surface area contributed by atoms with Gasteiger partial charge >= 0.3 is 0 Å². The molecule has 148 valence electrons. The Morgan fingerprint density at radius 3 is 2.59 bits per heavy atom. The van der Waals surface area contributed by atoms with Gasteiger partial charge in [-0.1, -0.05) is 32.9 Å². The molecule has 7 heteroatoms. The second-order valence-corrected chi connectivity index (χ2v) is 7.93. The topological polar surface area (TPSA) is 58.1 Å². The van der Waals surface area contributed by atoms with Crippen LogP contribution in [0.2, 0.25) is 0 Å². The summed E-state index contributed by atoms with van der Waals surface area (Å²) >= 11 is 1.35. The molecule has 0 saturated heterocycles. The normalized spacial score (nSPS) is 12.2. The average molecular weight is 393 g/mol. The summed E-state index contributed by atoms with van der Waals surface area (Å²) in [6.07, 6.45) is 1.96. The number of hydrogen-bond acceptors (Lipinski definition) is 5. The van der Waals surface area contributed by atoms with E-state index in [0.29, 0.717) is 31.8 Å². The van der Waals surface area contributed by atoms with Crippen molar-refractivity contribution in [3.8, 4) is 0 Å². The molecule has 0 unspecified atom stereocenters. The summed E-state index contributed by atoms with van der Waals surface area (Å²) in [6, 6.07) is 6.67. The smallest absolute Gasteiger partial charge is 0.221 e. The van der Waals surface area contributed by atoms with Gasteiger partial charge in [0.1, 0.15) is 11.6 Å². The van der Waals surface area contributed by atoms with Crippen molar-refractivity contribution < 1.29 is 9.18 Å². The summed E-state index contributed by atoms with van der Waals surface area (Å²) in [6.45, 7) is 9.72. The molecule has 1 amide bonds. The third kappa shape index (κ3) is 6.90. The summed E-state index contributed by atoms with van der Waals surface area (Å²) < 4.78 is 17.5.